The molecular weight excluding hydrogens is 444 g/mol. The van der Waals surface area contributed by atoms with E-state index in [0.717, 1.165) is 0 Å². The molecule has 0 aromatic heterocycles. The predicted molar refractivity (Wildman–Crippen MR) is 157 cm³/mol. The number of hydrogen-bond acceptors (Lipinski definition) is 0. The SMILES string of the molecule is CC1(C)c2ccccc2-c2c1cc1cc3c(c4c1c2-c1ccccc1C4(C)C)C(C)(C)c1ccccc1-3. The highest BCUT2D eigenvalue weighted by molar-refractivity contribution is 6.14. The van der Waals surface area contributed by atoms with E-state index in [1.165, 1.54) is 77.5 Å². The zero-order valence-electron chi connectivity index (χ0n) is 22.6. The van der Waals surface area contributed by atoms with E-state index in [0.29, 0.717) is 0 Å². The van der Waals surface area contributed by atoms with Crippen LogP contribution in [0.4, 0.5) is 0 Å². The second kappa shape index (κ2) is 6.43. The van der Waals surface area contributed by atoms with Crippen LogP contribution >= 0.6 is 0 Å². The van der Waals surface area contributed by atoms with E-state index in [4.69, 9.17) is 0 Å². The molecule has 0 nitrogen and oxygen atoms in total. The van der Waals surface area contributed by atoms with Gasteiger partial charge in [0.15, 0.2) is 0 Å². The summed E-state index contributed by atoms with van der Waals surface area (Å²) in [5, 5.41) is 2.85. The van der Waals surface area contributed by atoms with Gasteiger partial charge < -0.3 is 0 Å². The summed E-state index contributed by atoms with van der Waals surface area (Å²) in [6.07, 6.45) is 0. The lowest BCUT2D eigenvalue weighted by Gasteiger charge is -2.40. The summed E-state index contributed by atoms with van der Waals surface area (Å²) in [4.78, 5) is 0. The van der Waals surface area contributed by atoms with Crippen molar-refractivity contribution in [2.24, 2.45) is 0 Å². The molecule has 0 heteroatoms. The lowest BCUT2D eigenvalue weighted by molar-refractivity contribution is 0.593. The zero-order valence-corrected chi connectivity index (χ0v) is 22.6. The molecule has 0 bridgehead atoms. The van der Waals surface area contributed by atoms with E-state index in [1.807, 2.05) is 0 Å². The second-order valence-corrected chi connectivity index (χ2v) is 13.0. The first kappa shape index (κ1) is 21.4. The van der Waals surface area contributed by atoms with Crippen LogP contribution in [0.1, 0.15) is 74.9 Å². The Hall–Kier alpha value is -3.64. The average molecular weight is 477 g/mol. The summed E-state index contributed by atoms with van der Waals surface area (Å²) in [6, 6.07) is 32.5. The van der Waals surface area contributed by atoms with Crippen LogP contribution in [-0.4, -0.2) is 0 Å². The molecule has 0 radical (unpaired) electrons. The van der Waals surface area contributed by atoms with Crippen molar-refractivity contribution in [3.05, 3.63) is 118 Å². The molecule has 0 heterocycles. The molecule has 0 spiro atoms. The van der Waals surface area contributed by atoms with Gasteiger partial charge in [0.1, 0.15) is 0 Å². The van der Waals surface area contributed by atoms with Gasteiger partial charge in [-0.25, -0.2) is 0 Å². The Morgan fingerprint density at radius 1 is 0.405 bits per heavy atom. The van der Waals surface area contributed by atoms with Crippen molar-refractivity contribution in [1.82, 2.24) is 0 Å². The van der Waals surface area contributed by atoms with Gasteiger partial charge in [-0.05, 0) is 89.7 Å². The molecule has 0 unspecified atom stereocenters. The molecule has 5 aromatic carbocycles. The van der Waals surface area contributed by atoms with Crippen molar-refractivity contribution in [2.75, 3.05) is 0 Å². The van der Waals surface area contributed by atoms with E-state index in [2.05, 4.69) is 126 Å². The maximum Gasteiger partial charge on any atom is 0.0162 e. The molecule has 180 valence electrons. The summed E-state index contributed by atoms with van der Waals surface area (Å²) >= 11 is 0. The molecule has 0 amide bonds. The molecule has 3 aliphatic rings. The third kappa shape index (κ3) is 2.32. The zero-order chi connectivity index (χ0) is 25.5. The van der Waals surface area contributed by atoms with E-state index in [9.17, 15) is 0 Å². The summed E-state index contributed by atoms with van der Waals surface area (Å²) in [5.74, 6) is 0. The van der Waals surface area contributed by atoms with Gasteiger partial charge in [-0.15, -0.1) is 0 Å². The Kier molecular flexibility index (Phi) is 3.73. The smallest absolute Gasteiger partial charge is 0.0162 e. The molecule has 3 aliphatic carbocycles. The number of benzene rings is 5. The first-order valence-corrected chi connectivity index (χ1v) is 13.6. The summed E-state index contributed by atoms with van der Waals surface area (Å²) < 4.78 is 0. The van der Waals surface area contributed by atoms with E-state index >= 15 is 0 Å². The second-order valence-electron chi connectivity index (χ2n) is 13.0. The fourth-order valence-corrected chi connectivity index (χ4v) is 8.27. The molecule has 0 atom stereocenters. The van der Waals surface area contributed by atoms with E-state index < -0.39 is 0 Å². The van der Waals surface area contributed by atoms with Crippen molar-refractivity contribution >= 4 is 10.8 Å². The van der Waals surface area contributed by atoms with E-state index in [-0.39, 0.29) is 16.2 Å². The van der Waals surface area contributed by atoms with Gasteiger partial charge in [-0.3, -0.25) is 0 Å². The van der Waals surface area contributed by atoms with Crippen LogP contribution in [0.3, 0.4) is 0 Å². The first-order chi connectivity index (χ1) is 17.6. The fourth-order valence-electron chi connectivity index (χ4n) is 8.27. The van der Waals surface area contributed by atoms with Gasteiger partial charge >= 0.3 is 0 Å². The van der Waals surface area contributed by atoms with Crippen molar-refractivity contribution in [2.45, 2.75) is 57.8 Å². The Balaban J connectivity index is 1.66. The topological polar surface area (TPSA) is 0 Å². The van der Waals surface area contributed by atoms with Crippen LogP contribution in [-0.2, 0) is 16.2 Å². The molecule has 0 saturated heterocycles. The van der Waals surface area contributed by atoms with Crippen LogP contribution in [0, 0.1) is 0 Å². The third-order valence-electron chi connectivity index (χ3n) is 9.98. The molecule has 5 aromatic rings. The molecular formula is C37H32. The van der Waals surface area contributed by atoms with Crippen molar-refractivity contribution in [1.29, 1.82) is 0 Å². The molecule has 0 N–H and O–H groups in total. The monoisotopic (exact) mass is 476 g/mol. The van der Waals surface area contributed by atoms with Crippen molar-refractivity contribution in [3.8, 4) is 33.4 Å². The highest BCUT2D eigenvalue weighted by Gasteiger charge is 2.47. The van der Waals surface area contributed by atoms with Gasteiger partial charge in [0.2, 0.25) is 0 Å². The Morgan fingerprint density at radius 2 is 0.892 bits per heavy atom. The molecule has 0 saturated carbocycles. The lowest BCUT2D eigenvalue weighted by atomic mass is 9.62. The number of fused-ring (bicyclic) bond motifs is 10. The largest absolute Gasteiger partial charge is 0.0619 e. The summed E-state index contributed by atoms with van der Waals surface area (Å²) in [6.45, 7) is 14.6. The van der Waals surface area contributed by atoms with Gasteiger partial charge in [0.25, 0.3) is 0 Å². The van der Waals surface area contributed by atoms with Crippen LogP contribution in [0.25, 0.3) is 44.2 Å². The average Bonchev–Trinajstić information content (AvgIpc) is 3.25. The van der Waals surface area contributed by atoms with Crippen molar-refractivity contribution in [3.63, 3.8) is 0 Å². The highest BCUT2D eigenvalue weighted by atomic mass is 14.5. The quantitative estimate of drug-likeness (QED) is 0.209. The van der Waals surface area contributed by atoms with Gasteiger partial charge in [0, 0.05) is 16.2 Å². The molecule has 37 heavy (non-hydrogen) atoms. The lowest BCUT2D eigenvalue weighted by Crippen LogP contribution is -2.29. The maximum atomic E-state index is 2.54. The number of rotatable bonds is 0. The Morgan fingerprint density at radius 3 is 1.54 bits per heavy atom. The Labute approximate surface area is 220 Å². The minimum absolute atomic E-state index is 0.0329. The highest BCUT2D eigenvalue weighted by Crippen LogP contribution is 2.62. The van der Waals surface area contributed by atoms with Crippen LogP contribution in [0.5, 0.6) is 0 Å². The van der Waals surface area contributed by atoms with Crippen molar-refractivity contribution < 1.29 is 0 Å². The fraction of sp³-hybridized carbons (Fsp3) is 0.243. The number of hydrogen-bond donors (Lipinski definition) is 0. The van der Waals surface area contributed by atoms with Gasteiger partial charge in [-0.2, -0.15) is 0 Å². The minimum Gasteiger partial charge on any atom is -0.0619 e. The predicted octanol–water partition coefficient (Wildman–Crippen LogP) is 9.76. The first-order valence-electron chi connectivity index (χ1n) is 13.6. The van der Waals surface area contributed by atoms with Crippen LogP contribution < -0.4 is 0 Å². The Bertz CT molecular complexity index is 1840. The minimum atomic E-state index is -0.103. The summed E-state index contributed by atoms with van der Waals surface area (Å²) in [5.41, 5.74) is 17.2. The van der Waals surface area contributed by atoms with Gasteiger partial charge in [0.05, 0.1) is 0 Å². The maximum absolute atomic E-state index is 2.54. The normalized spacial score (nSPS) is 18.1. The standard InChI is InChI=1S/C37H32/c1-35(2)27-17-11-8-14-23(27)31-29(35)20-21-19-25-22-13-7-10-16-26(22)36(3,4)33(25)34-30(21)32(31)24-15-9-12-18-28(24)37(34,5)6/h7-20H,1-6H3. The van der Waals surface area contributed by atoms with Crippen LogP contribution in [0.2, 0.25) is 0 Å². The van der Waals surface area contributed by atoms with E-state index in [1.54, 1.807) is 0 Å². The summed E-state index contributed by atoms with van der Waals surface area (Å²) in [7, 11) is 0. The van der Waals surface area contributed by atoms with Gasteiger partial charge in [-0.1, -0.05) is 114 Å². The third-order valence-corrected chi connectivity index (χ3v) is 9.98. The van der Waals surface area contributed by atoms with Crippen LogP contribution in [0.15, 0.2) is 84.9 Å². The molecule has 0 aliphatic heterocycles. The molecule has 0 fully saturated rings. The molecule has 8 rings (SSSR count).